The van der Waals surface area contributed by atoms with E-state index in [1.807, 2.05) is 0 Å². The highest BCUT2D eigenvalue weighted by molar-refractivity contribution is 4.94. The molecule has 2 unspecified atom stereocenters. The van der Waals surface area contributed by atoms with Gasteiger partial charge in [-0.2, -0.15) is 0 Å². The molecule has 0 radical (unpaired) electrons. The smallest absolute Gasteiger partial charge is 0.0615 e. The van der Waals surface area contributed by atoms with Gasteiger partial charge in [0.15, 0.2) is 0 Å². The van der Waals surface area contributed by atoms with Crippen LogP contribution >= 0.6 is 0 Å². The number of nitrogens with one attached hydrogen (secondary N) is 1. The summed E-state index contributed by atoms with van der Waals surface area (Å²) in [7, 11) is 0. The average molecular weight is 268 g/mol. The summed E-state index contributed by atoms with van der Waals surface area (Å²) in [6.07, 6.45) is 7.52. The van der Waals surface area contributed by atoms with Gasteiger partial charge >= 0.3 is 0 Å². The third-order valence-corrected chi connectivity index (χ3v) is 5.45. The minimum Gasteiger partial charge on any atom is -0.394 e. The summed E-state index contributed by atoms with van der Waals surface area (Å²) in [4.78, 5) is 2.59. The Morgan fingerprint density at radius 1 is 1.16 bits per heavy atom. The molecule has 0 aromatic carbocycles. The second-order valence-electron chi connectivity index (χ2n) is 6.91. The normalized spacial score (nSPS) is 35.1. The Bertz CT molecular complexity index is 261. The summed E-state index contributed by atoms with van der Waals surface area (Å²) in [5, 5.41) is 13.6. The average Bonchev–Trinajstić information content (AvgIpc) is 2.80. The van der Waals surface area contributed by atoms with E-state index in [1.165, 1.54) is 38.5 Å². The Morgan fingerprint density at radius 2 is 2.00 bits per heavy atom. The number of rotatable bonds is 3. The second-order valence-corrected chi connectivity index (χ2v) is 6.91. The van der Waals surface area contributed by atoms with Gasteiger partial charge in [-0.05, 0) is 44.1 Å². The van der Waals surface area contributed by atoms with Gasteiger partial charge in [-0.3, -0.25) is 4.90 Å². The van der Waals surface area contributed by atoms with Crippen molar-refractivity contribution in [2.45, 2.75) is 57.9 Å². The molecule has 19 heavy (non-hydrogen) atoms. The molecule has 2 N–H and O–H groups in total. The highest BCUT2D eigenvalue weighted by Crippen LogP contribution is 2.37. The monoisotopic (exact) mass is 268 g/mol. The number of aliphatic hydroxyl groups is 1. The number of hydrogen-bond donors (Lipinski definition) is 2. The van der Waals surface area contributed by atoms with Crippen molar-refractivity contribution in [3.63, 3.8) is 0 Å². The molecule has 0 aromatic heterocycles. The highest BCUT2D eigenvalue weighted by Gasteiger charge is 2.38. The number of aliphatic hydroxyl groups excluding tert-OH is 1. The number of hydrogen-bond acceptors (Lipinski definition) is 3. The summed E-state index contributed by atoms with van der Waals surface area (Å²) in [6, 6.07) is 0. The Hall–Kier alpha value is -0.120. The molecule has 2 fully saturated rings. The lowest BCUT2D eigenvalue weighted by Crippen LogP contribution is -2.52. The summed E-state index contributed by atoms with van der Waals surface area (Å²) in [6.45, 7) is 9.52. The fourth-order valence-corrected chi connectivity index (χ4v) is 3.98. The van der Waals surface area contributed by atoms with Crippen LogP contribution in [-0.4, -0.2) is 48.3 Å². The first-order valence-corrected chi connectivity index (χ1v) is 8.24. The molecule has 2 rings (SSSR count). The van der Waals surface area contributed by atoms with E-state index in [0.717, 1.165) is 38.0 Å². The first-order valence-electron chi connectivity index (χ1n) is 8.24. The van der Waals surface area contributed by atoms with Crippen LogP contribution in [0.15, 0.2) is 0 Å². The molecule has 2 aliphatic rings. The van der Waals surface area contributed by atoms with E-state index in [2.05, 4.69) is 24.1 Å². The third-order valence-electron chi connectivity index (χ3n) is 5.45. The lowest BCUT2D eigenvalue weighted by Gasteiger charge is -2.42. The summed E-state index contributed by atoms with van der Waals surface area (Å²) in [5.41, 5.74) is 0.0790. The van der Waals surface area contributed by atoms with Gasteiger partial charge in [-0.15, -0.1) is 0 Å². The lowest BCUT2D eigenvalue weighted by atomic mass is 9.86. The zero-order chi connectivity index (χ0) is 13.7. The van der Waals surface area contributed by atoms with E-state index in [-0.39, 0.29) is 5.54 Å². The van der Waals surface area contributed by atoms with Crippen LogP contribution in [0.4, 0.5) is 0 Å². The Labute approximate surface area is 118 Å². The summed E-state index contributed by atoms with van der Waals surface area (Å²) < 4.78 is 0. The van der Waals surface area contributed by atoms with Gasteiger partial charge in [0.1, 0.15) is 0 Å². The molecule has 112 valence electrons. The maximum atomic E-state index is 10.1. The van der Waals surface area contributed by atoms with Crippen LogP contribution in [0.2, 0.25) is 0 Å². The molecule has 1 saturated heterocycles. The van der Waals surface area contributed by atoms with Crippen LogP contribution in [0, 0.1) is 11.8 Å². The first-order chi connectivity index (χ1) is 9.18. The first kappa shape index (κ1) is 15.3. The third kappa shape index (κ3) is 3.71. The fourth-order valence-electron chi connectivity index (χ4n) is 3.98. The standard InChI is InChI=1S/C16H32N2O/c1-14(2)15-5-3-7-16(13-19,8-6-15)18-11-4-9-17-10-12-18/h14-15,17,19H,3-13H2,1-2H3. The van der Waals surface area contributed by atoms with Crippen LogP contribution in [0.3, 0.4) is 0 Å². The minimum absolute atomic E-state index is 0.0790. The van der Waals surface area contributed by atoms with E-state index in [0.29, 0.717) is 6.61 Å². The fraction of sp³-hybridized carbons (Fsp3) is 1.00. The van der Waals surface area contributed by atoms with Crippen LogP contribution in [0.5, 0.6) is 0 Å². The Kier molecular flexibility index (Phi) is 5.67. The van der Waals surface area contributed by atoms with E-state index < -0.39 is 0 Å². The van der Waals surface area contributed by atoms with Crippen molar-refractivity contribution in [2.75, 3.05) is 32.8 Å². The van der Waals surface area contributed by atoms with Crippen molar-refractivity contribution in [3.05, 3.63) is 0 Å². The zero-order valence-electron chi connectivity index (χ0n) is 12.8. The van der Waals surface area contributed by atoms with Crippen molar-refractivity contribution in [2.24, 2.45) is 11.8 Å². The predicted octanol–water partition coefficient (Wildman–Crippen LogP) is 2.25. The lowest BCUT2D eigenvalue weighted by molar-refractivity contribution is 0.0199. The van der Waals surface area contributed by atoms with Gasteiger partial charge in [0.05, 0.1) is 6.61 Å². The Morgan fingerprint density at radius 3 is 2.74 bits per heavy atom. The van der Waals surface area contributed by atoms with Gasteiger partial charge in [0.25, 0.3) is 0 Å². The topological polar surface area (TPSA) is 35.5 Å². The summed E-state index contributed by atoms with van der Waals surface area (Å²) in [5.74, 6) is 1.65. The molecule has 1 aliphatic heterocycles. The van der Waals surface area contributed by atoms with Crippen molar-refractivity contribution >= 4 is 0 Å². The molecular weight excluding hydrogens is 236 g/mol. The van der Waals surface area contributed by atoms with Crippen LogP contribution in [-0.2, 0) is 0 Å². The molecule has 1 heterocycles. The van der Waals surface area contributed by atoms with Crippen LogP contribution in [0.25, 0.3) is 0 Å². The van der Waals surface area contributed by atoms with E-state index >= 15 is 0 Å². The molecule has 1 saturated carbocycles. The molecular formula is C16H32N2O. The van der Waals surface area contributed by atoms with Crippen LogP contribution in [0.1, 0.15) is 52.4 Å². The molecule has 3 nitrogen and oxygen atoms in total. The van der Waals surface area contributed by atoms with Gasteiger partial charge in [0.2, 0.25) is 0 Å². The maximum Gasteiger partial charge on any atom is 0.0615 e. The highest BCUT2D eigenvalue weighted by atomic mass is 16.3. The van der Waals surface area contributed by atoms with Crippen molar-refractivity contribution < 1.29 is 5.11 Å². The van der Waals surface area contributed by atoms with Gasteiger partial charge < -0.3 is 10.4 Å². The van der Waals surface area contributed by atoms with Crippen molar-refractivity contribution in [1.82, 2.24) is 10.2 Å². The largest absolute Gasteiger partial charge is 0.394 e. The second kappa shape index (κ2) is 7.05. The predicted molar refractivity (Wildman–Crippen MR) is 80.3 cm³/mol. The van der Waals surface area contributed by atoms with Crippen LogP contribution < -0.4 is 5.32 Å². The molecule has 3 heteroatoms. The van der Waals surface area contributed by atoms with Gasteiger partial charge in [0, 0.05) is 25.2 Å². The van der Waals surface area contributed by atoms with E-state index in [1.54, 1.807) is 0 Å². The van der Waals surface area contributed by atoms with Gasteiger partial charge in [-0.25, -0.2) is 0 Å². The van der Waals surface area contributed by atoms with Crippen molar-refractivity contribution in [3.8, 4) is 0 Å². The molecule has 2 atom stereocenters. The van der Waals surface area contributed by atoms with Gasteiger partial charge in [-0.1, -0.05) is 26.7 Å². The SMILES string of the molecule is CC(C)C1CCCC(CO)(N2CCCNCC2)CC1. The molecule has 1 aliphatic carbocycles. The molecule has 0 bridgehead atoms. The minimum atomic E-state index is 0.0790. The molecule has 0 spiro atoms. The quantitative estimate of drug-likeness (QED) is 0.771. The van der Waals surface area contributed by atoms with Crippen molar-refractivity contribution in [1.29, 1.82) is 0 Å². The summed E-state index contributed by atoms with van der Waals surface area (Å²) >= 11 is 0. The maximum absolute atomic E-state index is 10.1. The molecule has 0 aromatic rings. The molecule has 0 amide bonds. The van der Waals surface area contributed by atoms with E-state index in [9.17, 15) is 5.11 Å². The zero-order valence-corrected chi connectivity index (χ0v) is 12.8. The van der Waals surface area contributed by atoms with E-state index in [4.69, 9.17) is 0 Å². The number of nitrogens with zero attached hydrogens (tertiary/aromatic N) is 1. The Balaban J connectivity index is 2.04.